The first kappa shape index (κ1) is 9.34. The van der Waals surface area contributed by atoms with E-state index in [-0.39, 0.29) is 5.75 Å². The highest BCUT2D eigenvalue weighted by atomic mass is 16.5. The third-order valence-corrected chi connectivity index (χ3v) is 2.73. The molecule has 0 bridgehead atoms. The number of ether oxygens (including phenoxy) is 1. The summed E-state index contributed by atoms with van der Waals surface area (Å²) in [5.41, 5.74) is 1.11. The quantitative estimate of drug-likeness (QED) is 0.747. The van der Waals surface area contributed by atoms with E-state index >= 15 is 0 Å². The van der Waals surface area contributed by atoms with Gasteiger partial charge in [0.15, 0.2) is 11.5 Å². The minimum Gasteiger partial charge on any atom is -0.504 e. The van der Waals surface area contributed by atoms with Gasteiger partial charge in [-0.15, -0.1) is 0 Å². The summed E-state index contributed by atoms with van der Waals surface area (Å²) < 4.78 is 5.21. The molecule has 0 spiro atoms. The van der Waals surface area contributed by atoms with Crippen molar-refractivity contribution >= 4 is 0 Å². The van der Waals surface area contributed by atoms with E-state index < -0.39 is 0 Å². The molecule has 0 radical (unpaired) electrons. The lowest BCUT2D eigenvalue weighted by atomic mass is 9.97. The van der Waals surface area contributed by atoms with Crippen molar-refractivity contribution in [2.75, 3.05) is 20.2 Å². The molecule has 1 heterocycles. The van der Waals surface area contributed by atoms with Crippen LogP contribution in [-0.2, 0) is 0 Å². The second kappa shape index (κ2) is 3.88. The first-order valence-corrected chi connectivity index (χ1v) is 4.89. The van der Waals surface area contributed by atoms with E-state index in [0.717, 1.165) is 25.1 Å². The molecule has 1 saturated heterocycles. The van der Waals surface area contributed by atoms with Crippen molar-refractivity contribution in [1.82, 2.24) is 5.32 Å². The number of nitrogens with one attached hydrogen (secondary N) is 1. The topological polar surface area (TPSA) is 41.5 Å². The highest BCUT2D eigenvalue weighted by molar-refractivity contribution is 5.47. The largest absolute Gasteiger partial charge is 0.504 e. The summed E-state index contributed by atoms with van der Waals surface area (Å²) in [4.78, 5) is 0. The van der Waals surface area contributed by atoms with Gasteiger partial charge in [-0.3, -0.25) is 0 Å². The average Bonchev–Trinajstić information content (AvgIpc) is 2.70. The van der Waals surface area contributed by atoms with Crippen molar-refractivity contribution < 1.29 is 9.84 Å². The molecule has 3 nitrogen and oxygen atoms in total. The Morgan fingerprint density at radius 3 is 3.00 bits per heavy atom. The van der Waals surface area contributed by atoms with Gasteiger partial charge in [-0.05, 0) is 19.0 Å². The van der Waals surface area contributed by atoms with Crippen LogP contribution in [0.15, 0.2) is 18.2 Å². The van der Waals surface area contributed by atoms with Gasteiger partial charge in [-0.25, -0.2) is 0 Å². The maximum atomic E-state index is 9.61. The fraction of sp³-hybridized carbons (Fsp3) is 0.455. The van der Waals surface area contributed by atoms with Crippen molar-refractivity contribution in [3.63, 3.8) is 0 Å². The first-order chi connectivity index (χ1) is 6.83. The second-order valence-electron chi connectivity index (χ2n) is 3.59. The number of rotatable bonds is 2. The molecular weight excluding hydrogens is 178 g/mol. The van der Waals surface area contributed by atoms with Gasteiger partial charge in [0.1, 0.15) is 0 Å². The maximum absolute atomic E-state index is 9.61. The molecule has 0 amide bonds. The van der Waals surface area contributed by atoms with Gasteiger partial charge in [0.2, 0.25) is 0 Å². The number of methoxy groups -OCH3 is 1. The molecule has 14 heavy (non-hydrogen) atoms. The molecule has 0 aliphatic carbocycles. The number of hydrogen-bond donors (Lipinski definition) is 2. The van der Waals surface area contributed by atoms with Gasteiger partial charge in [0, 0.05) is 18.0 Å². The van der Waals surface area contributed by atoms with Crippen molar-refractivity contribution in [2.45, 2.75) is 12.3 Å². The predicted molar refractivity (Wildman–Crippen MR) is 54.9 cm³/mol. The monoisotopic (exact) mass is 193 g/mol. The number of para-hydroxylation sites is 1. The zero-order valence-electron chi connectivity index (χ0n) is 8.29. The van der Waals surface area contributed by atoms with E-state index in [1.54, 1.807) is 13.2 Å². The standard InChI is InChI=1S/C11H15NO2/c1-14-11-9(3-2-4-10(11)13)8-5-6-12-7-8/h2-4,8,12-13H,5-7H2,1H3. The van der Waals surface area contributed by atoms with Crippen LogP contribution in [0.5, 0.6) is 11.5 Å². The smallest absolute Gasteiger partial charge is 0.163 e. The summed E-state index contributed by atoms with van der Waals surface area (Å²) in [6, 6.07) is 5.55. The Morgan fingerprint density at radius 2 is 2.36 bits per heavy atom. The van der Waals surface area contributed by atoms with Gasteiger partial charge in [0.05, 0.1) is 7.11 Å². The van der Waals surface area contributed by atoms with Gasteiger partial charge in [-0.1, -0.05) is 12.1 Å². The molecule has 1 aromatic carbocycles. The molecule has 1 fully saturated rings. The van der Waals surface area contributed by atoms with E-state index in [0.29, 0.717) is 11.7 Å². The van der Waals surface area contributed by atoms with Gasteiger partial charge in [-0.2, -0.15) is 0 Å². The minimum absolute atomic E-state index is 0.233. The molecule has 1 aliphatic heterocycles. The predicted octanol–water partition coefficient (Wildman–Crippen LogP) is 1.48. The summed E-state index contributed by atoms with van der Waals surface area (Å²) in [6.45, 7) is 2.02. The van der Waals surface area contributed by atoms with Gasteiger partial charge >= 0.3 is 0 Å². The Hall–Kier alpha value is -1.22. The third kappa shape index (κ3) is 1.55. The zero-order chi connectivity index (χ0) is 9.97. The van der Waals surface area contributed by atoms with E-state index in [9.17, 15) is 5.11 Å². The second-order valence-corrected chi connectivity index (χ2v) is 3.59. The molecule has 0 saturated carbocycles. The van der Waals surface area contributed by atoms with Crippen LogP contribution < -0.4 is 10.1 Å². The average molecular weight is 193 g/mol. The first-order valence-electron chi connectivity index (χ1n) is 4.89. The number of phenols is 1. The molecule has 0 aromatic heterocycles. The van der Waals surface area contributed by atoms with E-state index in [4.69, 9.17) is 4.74 Å². The van der Waals surface area contributed by atoms with Gasteiger partial charge < -0.3 is 15.2 Å². The molecular formula is C11H15NO2. The van der Waals surface area contributed by atoms with Crippen molar-refractivity contribution in [3.8, 4) is 11.5 Å². The van der Waals surface area contributed by atoms with Crippen LogP contribution >= 0.6 is 0 Å². The number of phenolic OH excluding ortho intramolecular Hbond substituents is 1. The Balaban J connectivity index is 2.35. The fourth-order valence-electron chi connectivity index (χ4n) is 2.01. The Kier molecular flexibility index (Phi) is 2.59. The summed E-state index contributed by atoms with van der Waals surface area (Å²) in [5, 5.41) is 12.9. The van der Waals surface area contributed by atoms with Crippen LogP contribution in [0.4, 0.5) is 0 Å². The van der Waals surface area contributed by atoms with E-state index in [1.807, 2.05) is 12.1 Å². The molecule has 2 N–H and O–H groups in total. The highest BCUT2D eigenvalue weighted by Crippen LogP contribution is 2.36. The van der Waals surface area contributed by atoms with Crippen LogP contribution in [0, 0.1) is 0 Å². The number of hydrogen-bond acceptors (Lipinski definition) is 3. The lowest BCUT2D eigenvalue weighted by molar-refractivity contribution is 0.367. The molecule has 1 unspecified atom stereocenters. The van der Waals surface area contributed by atoms with Crippen LogP contribution in [0.25, 0.3) is 0 Å². The highest BCUT2D eigenvalue weighted by Gasteiger charge is 2.21. The van der Waals surface area contributed by atoms with Crippen LogP contribution in [0.3, 0.4) is 0 Å². The van der Waals surface area contributed by atoms with Crippen molar-refractivity contribution in [1.29, 1.82) is 0 Å². The summed E-state index contributed by atoms with van der Waals surface area (Å²) in [6.07, 6.45) is 1.11. The summed E-state index contributed by atoms with van der Waals surface area (Å²) in [5.74, 6) is 1.33. The Morgan fingerprint density at radius 1 is 1.50 bits per heavy atom. The lowest BCUT2D eigenvalue weighted by Crippen LogP contribution is -2.08. The number of benzene rings is 1. The fourth-order valence-corrected chi connectivity index (χ4v) is 2.01. The van der Waals surface area contributed by atoms with E-state index in [2.05, 4.69) is 5.32 Å². The summed E-state index contributed by atoms with van der Waals surface area (Å²) >= 11 is 0. The van der Waals surface area contributed by atoms with Crippen molar-refractivity contribution in [2.24, 2.45) is 0 Å². The Labute approximate surface area is 83.7 Å². The third-order valence-electron chi connectivity index (χ3n) is 2.73. The minimum atomic E-state index is 0.233. The van der Waals surface area contributed by atoms with Gasteiger partial charge in [0.25, 0.3) is 0 Å². The van der Waals surface area contributed by atoms with E-state index in [1.165, 1.54) is 0 Å². The van der Waals surface area contributed by atoms with Crippen LogP contribution in [0.2, 0.25) is 0 Å². The zero-order valence-corrected chi connectivity index (χ0v) is 8.29. The lowest BCUT2D eigenvalue weighted by Gasteiger charge is -2.14. The molecule has 3 heteroatoms. The van der Waals surface area contributed by atoms with Crippen LogP contribution in [-0.4, -0.2) is 25.3 Å². The molecule has 1 atom stereocenters. The summed E-state index contributed by atoms with van der Waals surface area (Å²) in [7, 11) is 1.60. The molecule has 2 rings (SSSR count). The Bertz CT molecular complexity index is 319. The molecule has 76 valence electrons. The SMILES string of the molecule is COc1c(O)cccc1C1CCNC1. The maximum Gasteiger partial charge on any atom is 0.163 e. The molecule has 1 aliphatic rings. The number of aromatic hydroxyl groups is 1. The van der Waals surface area contributed by atoms with Crippen LogP contribution in [0.1, 0.15) is 17.9 Å². The normalized spacial score (nSPS) is 21.1. The van der Waals surface area contributed by atoms with Crippen molar-refractivity contribution in [3.05, 3.63) is 23.8 Å². The molecule has 1 aromatic rings.